The summed E-state index contributed by atoms with van der Waals surface area (Å²) in [5.41, 5.74) is 2.72. The summed E-state index contributed by atoms with van der Waals surface area (Å²) in [6, 6.07) is 9.60. The van der Waals surface area contributed by atoms with Crippen LogP contribution in [0, 0.1) is 5.92 Å². The van der Waals surface area contributed by atoms with Crippen molar-refractivity contribution in [3.63, 3.8) is 0 Å². The number of carbonyl (C=O) groups excluding carboxylic acids is 1. The largest absolute Gasteiger partial charge is 0.381 e. The predicted molar refractivity (Wildman–Crippen MR) is 71.6 cm³/mol. The molecule has 1 aromatic heterocycles. The summed E-state index contributed by atoms with van der Waals surface area (Å²) in [6.45, 7) is 1.19. The summed E-state index contributed by atoms with van der Waals surface area (Å²) in [5, 5.41) is 9.76. The van der Waals surface area contributed by atoms with Gasteiger partial charge in [-0.25, -0.2) is 0 Å². The number of hydrogen-bond acceptors (Lipinski definition) is 3. The first kappa shape index (κ1) is 11.9. The van der Waals surface area contributed by atoms with Crippen LogP contribution >= 0.6 is 0 Å². The molecule has 1 fully saturated rings. The fourth-order valence-corrected chi connectivity index (χ4v) is 2.17. The van der Waals surface area contributed by atoms with Crippen molar-refractivity contribution in [1.82, 2.24) is 10.2 Å². The third-order valence-corrected chi connectivity index (χ3v) is 3.24. The molecule has 1 atom stereocenters. The van der Waals surface area contributed by atoms with Crippen LogP contribution in [0.4, 0.5) is 5.69 Å². The number of aromatic nitrogens is 2. The van der Waals surface area contributed by atoms with Gasteiger partial charge in [0.1, 0.15) is 0 Å². The number of carbonyl (C=O) groups is 1. The minimum Gasteiger partial charge on any atom is -0.381 e. The van der Waals surface area contributed by atoms with Crippen LogP contribution in [0.1, 0.15) is 6.42 Å². The molecule has 2 aromatic rings. The molecule has 0 bridgehead atoms. The van der Waals surface area contributed by atoms with Gasteiger partial charge in [-0.1, -0.05) is 12.1 Å². The lowest BCUT2D eigenvalue weighted by atomic mass is 10.1. The van der Waals surface area contributed by atoms with E-state index in [4.69, 9.17) is 4.74 Å². The maximum atomic E-state index is 12.0. The van der Waals surface area contributed by atoms with Crippen molar-refractivity contribution >= 4 is 11.6 Å². The standard InChI is InChI=1S/C14H15N3O2/c18-14(11-5-7-19-9-11)16-12-3-1-2-10(8-12)13-4-6-15-17-13/h1-4,6,8,11H,5,7,9H2,(H,15,17)(H,16,18). The van der Waals surface area contributed by atoms with Gasteiger partial charge >= 0.3 is 0 Å². The number of ether oxygens (including phenoxy) is 1. The van der Waals surface area contributed by atoms with E-state index in [9.17, 15) is 4.79 Å². The zero-order valence-corrected chi connectivity index (χ0v) is 10.4. The summed E-state index contributed by atoms with van der Waals surface area (Å²) in [4.78, 5) is 12.0. The van der Waals surface area contributed by atoms with E-state index >= 15 is 0 Å². The molecule has 0 radical (unpaired) electrons. The van der Waals surface area contributed by atoms with Gasteiger partial charge in [0.25, 0.3) is 0 Å². The molecule has 5 nitrogen and oxygen atoms in total. The Morgan fingerprint density at radius 1 is 1.42 bits per heavy atom. The third-order valence-electron chi connectivity index (χ3n) is 3.24. The summed E-state index contributed by atoms with van der Waals surface area (Å²) in [5.74, 6) is -0.00456. The molecule has 1 unspecified atom stereocenters. The van der Waals surface area contributed by atoms with E-state index in [0.29, 0.717) is 13.2 Å². The normalized spacial score (nSPS) is 18.4. The van der Waals surface area contributed by atoms with Crippen molar-refractivity contribution in [2.45, 2.75) is 6.42 Å². The molecule has 98 valence electrons. The fourth-order valence-electron chi connectivity index (χ4n) is 2.17. The van der Waals surface area contributed by atoms with Gasteiger partial charge in [0.2, 0.25) is 5.91 Å². The number of amides is 1. The minimum atomic E-state index is -0.0317. The lowest BCUT2D eigenvalue weighted by Gasteiger charge is -2.10. The highest BCUT2D eigenvalue weighted by atomic mass is 16.5. The van der Waals surface area contributed by atoms with Crippen LogP contribution < -0.4 is 5.32 Å². The maximum absolute atomic E-state index is 12.0. The molecule has 2 N–H and O–H groups in total. The highest BCUT2D eigenvalue weighted by molar-refractivity contribution is 5.93. The summed E-state index contributed by atoms with van der Waals surface area (Å²) in [6.07, 6.45) is 2.50. The van der Waals surface area contributed by atoms with E-state index in [1.165, 1.54) is 0 Å². The van der Waals surface area contributed by atoms with Crippen molar-refractivity contribution in [2.24, 2.45) is 5.92 Å². The molecule has 3 rings (SSSR count). The maximum Gasteiger partial charge on any atom is 0.229 e. The van der Waals surface area contributed by atoms with Gasteiger partial charge in [0.15, 0.2) is 0 Å². The lowest BCUT2D eigenvalue weighted by molar-refractivity contribution is -0.119. The predicted octanol–water partition coefficient (Wildman–Crippen LogP) is 2.05. The Kier molecular flexibility index (Phi) is 3.29. The molecule has 1 aromatic carbocycles. The molecular weight excluding hydrogens is 242 g/mol. The Morgan fingerprint density at radius 3 is 3.11 bits per heavy atom. The highest BCUT2D eigenvalue weighted by Crippen LogP contribution is 2.21. The molecule has 19 heavy (non-hydrogen) atoms. The van der Waals surface area contributed by atoms with Crippen molar-refractivity contribution < 1.29 is 9.53 Å². The number of H-pyrrole nitrogens is 1. The van der Waals surface area contributed by atoms with E-state index in [-0.39, 0.29) is 11.8 Å². The average Bonchev–Trinajstić information content (AvgIpc) is 3.13. The Bertz CT molecular complexity index is 560. The zero-order valence-electron chi connectivity index (χ0n) is 10.4. The van der Waals surface area contributed by atoms with Crippen molar-refractivity contribution in [1.29, 1.82) is 0 Å². The van der Waals surface area contributed by atoms with Gasteiger partial charge in [-0.3, -0.25) is 9.89 Å². The molecule has 1 amide bonds. The molecule has 0 spiro atoms. The number of aromatic amines is 1. The SMILES string of the molecule is O=C(Nc1cccc(-c2ccn[nH]2)c1)C1CCOC1. The van der Waals surface area contributed by atoms with Crippen LogP contribution in [0.25, 0.3) is 11.3 Å². The van der Waals surface area contributed by atoms with Crippen LogP contribution in [-0.4, -0.2) is 29.3 Å². The van der Waals surface area contributed by atoms with Crippen LogP contribution in [0.2, 0.25) is 0 Å². The summed E-state index contributed by atoms with van der Waals surface area (Å²) >= 11 is 0. The second kappa shape index (κ2) is 5.24. The van der Waals surface area contributed by atoms with Crippen LogP contribution in [0.5, 0.6) is 0 Å². The Labute approximate surface area is 111 Å². The quantitative estimate of drug-likeness (QED) is 0.884. The third kappa shape index (κ3) is 2.66. The van der Waals surface area contributed by atoms with Crippen molar-refractivity contribution in [3.05, 3.63) is 36.5 Å². The Balaban J connectivity index is 1.74. The Morgan fingerprint density at radius 2 is 2.37 bits per heavy atom. The van der Waals surface area contributed by atoms with E-state index < -0.39 is 0 Å². The van der Waals surface area contributed by atoms with Gasteiger partial charge in [-0.2, -0.15) is 5.10 Å². The van der Waals surface area contributed by atoms with Crippen LogP contribution in [0.3, 0.4) is 0 Å². The molecule has 1 aliphatic heterocycles. The molecule has 0 saturated carbocycles. The van der Waals surface area contributed by atoms with E-state index in [1.807, 2.05) is 30.3 Å². The van der Waals surface area contributed by atoms with Gasteiger partial charge in [0.05, 0.1) is 18.2 Å². The molecule has 2 heterocycles. The van der Waals surface area contributed by atoms with Gasteiger partial charge in [-0.15, -0.1) is 0 Å². The van der Waals surface area contributed by atoms with Crippen LogP contribution in [-0.2, 0) is 9.53 Å². The lowest BCUT2D eigenvalue weighted by Crippen LogP contribution is -2.22. The van der Waals surface area contributed by atoms with E-state index in [1.54, 1.807) is 6.20 Å². The molecular formula is C14H15N3O2. The number of benzene rings is 1. The summed E-state index contributed by atoms with van der Waals surface area (Å²) < 4.78 is 5.22. The first-order chi connectivity index (χ1) is 9.33. The zero-order chi connectivity index (χ0) is 13.1. The average molecular weight is 257 g/mol. The molecule has 0 aliphatic carbocycles. The number of rotatable bonds is 3. The summed E-state index contributed by atoms with van der Waals surface area (Å²) in [7, 11) is 0. The second-order valence-corrected chi connectivity index (χ2v) is 4.60. The number of nitrogens with zero attached hydrogens (tertiary/aromatic N) is 1. The first-order valence-electron chi connectivity index (χ1n) is 6.31. The molecule has 1 saturated heterocycles. The fraction of sp³-hybridized carbons (Fsp3) is 0.286. The van der Waals surface area contributed by atoms with Gasteiger partial charge < -0.3 is 10.1 Å². The first-order valence-corrected chi connectivity index (χ1v) is 6.31. The molecule has 1 aliphatic rings. The Hall–Kier alpha value is -2.14. The smallest absolute Gasteiger partial charge is 0.229 e. The van der Waals surface area contributed by atoms with Gasteiger partial charge in [-0.05, 0) is 24.6 Å². The van der Waals surface area contributed by atoms with Crippen molar-refractivity contribution in [3.8, 4) is 11.3 Å². The van der Waals surface area contributed by atoms with Crippen LogP contribution in [0.15, 0.2) is 36.5 Å². The van der Waals surface area contributed by atoms with Gasteiger partial charge in [0, 0.05) is 24.1 Å². The molecule has 5 heteroatoms. The number of hydrogen-bond donors (Lipinski definition) is 2. The highest BCUT2D eigenvalue weighted by Gasteiger charge is 2.23. The van der Waals surface area contributed by atoms with Crippen molar-refractivity contribution in [2.75, 3.05) is 18.5 Å². The monoisotopic (exact) mass is 257 g/mol. The van der Waals surface area contributed by atoms with E-state index in [0.717, 1.165) is 23.4 Å². The minimum absolute atomic E-state index is 0.0271. The van der Waals surface area contributed by atoms with E-state index in [2.05, 4.69) is 15.5 Å². The number of anilines is 1. The topological polar surface area (TPSA) is 67.0 Å². The second-order valence-electron chi connectivity index (χ2n) is 4.60. The number of nitrogens with one attached hydrogen (secondary N) is 2.